The monoisotopic (exact) mass is 467 g/mol. The zero-order valence-electron chi connectivity index (χ0n) is 16.1. The number of ether oxygens (including phenoxy) is 1. The predicted molar refractivity (Wildman–Crippen MR) is 113 cm³/mol. The standard InChI is InChI=1S/C18H33N3O3.HI/c1-6-19-17(20-10-8-9-11-23-7-2)21-13-18(5,22)16-12-14(3)24-15(16)4;/h12,22H,6-11,13H2,1-5H3,(H2,19,20,21);1H. The minimum atomic E-state index is -1.06. The summed E-state index contributed by atoms with van der Waals surface area (Å²) < 4.78 is 10.8. The van der Waals surface area contributed by atoms with Crippen molar-refractivity contribution < 1.29 is 14.3 Å². The molecular weight excluding hydrogens is 433 g/mol. The number of unbranched alkanes of at least 4 members (excludes halogenated alkanes) is 1. The number of aliphatic hydroxyl groups is 1. The van der Waals surface area contributed by atoms with Gasteiger partial charge in [-0.3, -0.25) is 0 Å². The van der Waals surface area contributed by atoms with E-state index < -0.39 is 5.60 Å². The van der Waals surface area contributed by atoms with Crippen molar-refractivity contribution in [1.82, 2.24) is 10.6 Å². The lowest BCUT2D eigenvalue weighted by Gasteiger charge is -2.21. The lowest BCUT2D eigenvalue weighted by atomic mass is 9.96. The number of guanidine groups is 1. The Kier molecular flexibility index (Phi) is 12.1. The van der Waals surface area contributed by atoms with Crippen LogP contribution in [0.4, 0.5) is 0 Å². The van der Waals surface area contributed by atoms with Crippen LogP contribution >= 0.6 is 24.0 Å². The number of aliphatic imine (C=N–C) groups is 1. The summed E-state index contributed by atoms with van der Waals surface area (Å²) in [5.74, 6) is 2.25. The number of rotatable bonds is 10. The van der Waals surface area contributed by atoms with Gasteiger partial charge in [-0.05, 0) is 53.5 Å². The highest BCUT2D eigenvalue weighted by Gasteiger charge is 2.27. The highest BCUT2D eigenvalue weighted by molar-refractivity contribution is 14.0. The Morgan fingerprint density at radius 3 is 2.56 bits per heavy atom. The van der Waals surface area contributed by atoms with Crippen LogP contribution in [-0.2, 0) is 10.3 Å². The van der Waals surface area contributed by atoms with Gasteiger partial charge in [-0.2, -0.15) is 0 Å². The molecule has 0 fully saturated rings. The Morgan fingerprint density at radius 2 is 2.00 bits per heavy atom. The molecule has 146 valence electrons. The summed E-state index contributed by atoms with van der Waals surface area (Å²) in [6.45, 7) is 12.9. The van der Waals surface area contributed by atoms with Gasteiger partial charge in [0.15, 0.2) is 5.96 Å². The molecule has 0 spiro atoms. The molecule has 0 saturated carbocycles. The number of nitrogens with one attached hydrogen (secondary N) is 2. The summed E-state index contributed by atoms with van der Waals surface area (Å²) in [7, 11) is 0. The van der Waals surface area contributed by atoms with Crippen molar-refractivity contribution in [1.29, 1.82) is 0 Å². The van der Waals surface area contributed by atoms with Gasteiger partial charge < -0.3 is 24.9 Å². The molecule has 0 bridgehead atoms. The summed E-state index contributed by atoms with van der Waals surface area (Å²) in [4.78, 5) is 4.52. The number of halogens is 1. The molecular formula is C18H34IN3O3. The molecule has 7 heteroatoms. The topological polar surface area (TPSA) is 79.0 Å². The molecule has 0 radical (unpaired) electrons. The molecule has 6 nitrogen and oxygen atoms in total. The smallest absolute Gasteiger partial charge is 0.191 e. The van der Waals surface area contributed by atoms with Gasteiger partial charge in [0.05, 0.1) is 6.54 Å². The minimum Gasteiger partial charge on any atom is -0.466 e. The molecule has 0 amide bonds. The molecule has 1 heterocycles. The van der Waals surface area contributed by atoms with E-state index in [1.807, 2.05) is 33.8 Å². The number of hydrogen-bond acceptors (Lipinski definition) is 4. The molecule has 0 aliphatic heterocycles. The maximum absolute atomic E-state index is 10.7. The molecule has 0 saturated heterocycles. The molecule has 1 aromatic rings. The minimum absolute atomic E-state index is 0. The third-order valence-electron chi connectivity index (χ3n) is 3.72. The van der Waals surface area contributed by atoms with Crippen LogP contribution in [0.3, 0.4) is 0 Å². The highest BCUT2D eigenvalue weighted by Crippen LogP contribution is 2.27. The molecule has 0 aliphatic carbocycles. The van der Waals surface area contributed by atoms with Crippen molar-refractivity contribution >= 4 is 29.9 Å². The Labute approximate surface area is 168 Å². The van der Waals surface area contributed by atoms with Gasteiger partial charge >= 0.3 is 0 Å². The van der Waals surface area contributed by atoms with E-state index in [-0.39, 0.29) is 30.5 Å². The fourth-order valence-electron chi connectivity index (χ4n) is 2.51. The first-order chi connectivity index (χ1) is 11.4. The van der Waals surface area contributed by atoms with Crippen LogP contribution in [-0.4, -0.2) is 43.9 Å². The van der Waals surface area contributed by atoms with E-state index >= 15 is 0 Å². The average molecular weight is 467 g/mol. The maximum Gasteiger partial charge on any atom is 0.191 e. The van der Waals surface area contributed by atoms with Crippen molar-refractivity contribution in [2.24, 2.45) is 4.99 Å². The van der Waals surface area contributed by atoms with Crippen molar-refractivity contribution in [2.45, 2.75) is 53.1 Å². The van der Waals surface area contributed by atoms with E-state index in [1.54, 1.807) is 6.92 Å². The Balaban J connectivity index is 0.00000576. The summed E-state index contributed by atoms with van der Waals surface area (Å²) in [5, 5.41) is 17.2. The van der Waals surface area contributed by atoms with Gasteiger partial charge in [0.2, 0.25) is 0 Å². The van der Waals surface area contributed by atoms with Crippen molar-refractivity contribution in [3.05, 3.63) is 23.2 Å². The van der Waals surface area contributed by atoms with Crippen molar-refractivity contribution in [3.63, 3.8) is 0 Å². The van der Waals surface area contributed by atoms with Crippen molar-refractivity contribution in [3.8, 4) is 0 Å². The normalized spacial score (nSPS) is 13.9. The zero-order chi connectivity index (χ0) is 18.0. The lowest BCUT2D eigenvalue weighted by Crippen LogP contribution is -2.39. The second-order valence-corrected chi connectivity index (χ2v) is 6.13. The van der Waals surface area contributed by atoms with Crippen LogP contribution in [0.2, 0.25) is 0 Å². The first-order valence-corrected chi connectivity index (χ1v) is 8.80. The van der Waals surface area contributed by atoms with Crippen LogP contribution in [0.15, 0.2) is 15.5 Å². The molecule has 0 aliphatic rings. The first kappa shape index (κ1) is 24.2. The van der Waals surface area contributed by atoms with E-state index in [1.165, 1.54) is 0 Å². The third kappa shape index (κ3) is 8.91. The Morgan fingerprint density at radius 1 is 1.28 bits per heavy atom. The summed E-state index contributed by atoms with van der Waals surface area (Å²) >= 11 is 0. The molecule has 0 aromatic carbocycles. The van der Waals surface area contributed by atoms with Crippen LogP contribution < -0.4 is 10.6 Å². The van der Waals surface area contributed by atoms with Gasteiger partial charge in [-0.1, -0.05) is 0 Å². The molecule has 3 N–H and O–H groups in total. The van der Waals surface area contributed by atoms with E-state index in [4.69, 9.17) is 9.15 Å². The van der Waals surface area contributed by atoms with Crippen molar-refractivity contribution in [2.75, 3.05) is 32.8 Å². The SMILES string of the molecule is CCNC(=NCC(C)(O)c1cc(C)oc1C)NCCCCOCC.I. The summed E-state index contributed by atoms with van der Waals surface area (Å²) in [6, 6.07) is 1.87. The fraction of sp³-hybridized carbons (Fsp3) is 0.722. The molecule has 1 unspecified atom stereocenters. The average Bonchev–Trinajstić information content (AvgIpc) is 2.87. The Bertz CT molecular complexity index is 516. The maximum atomic E-state index is 10.7. The third-order valence-corrected chi connectivity index (χ3v) is 3.72. The molecule has 1 aromatic heterocycles. The van der Waals surface area contributed by atoms with Gasteiger partial charge in [0.25, 0.3) is 0 Å². The number of furan rings is 1. The van der Waals surface area contributed by atoms with Crippen LogP contribution in [0, 0.1) is 13.8 Å². The van der Waals surface area contributed by atoms with Gasteiger partial charge in [-0.15, -0.1) is 24.0 Å². The predicted octanol–water partition coefficient (Wildman–Crippen LogP) is 3.09. The molecule has 1 atom stereocenters. The zero-order valence-corrected chi connectivity index (χ0v) is 18.5. The second-order valence-electron chi connectivity index (χ2n) is 6.13. The first-order valence-electron chi connectivity index (χ1n) is 8.80. The second kappa shape index (κ2) is 12.5. The number of nitrogens with zero attached hydrogens (tertiary/aromatic N) is 1. The van der Waals surface area contributed by atoms with Gasteiger partial charge in [0, 0.05) is 31.9 Å². The van der Waals surface area contributed by atoms with Gasteiger partial charge in [-0.25, -0.2) is 4.99 Å². The largest absolute Gasteiger partial charge is 0.466 e. The summed E-state index contributed by atoms with van der Waals surface area (Å²) in [5.41, 5.74) is -0.268. The van der Waals surface area contributed by atoms with Gasteiger partial charge in [0.1, 0.15) is 17.1 Å². The Hall–Kier alpha value is -0.800. The number of hydrogen-bond donors (Lipinski definition) is 3. The highest BCUT2D eigenvalue weighted by atomic mass is 127. The lowest BCUT2D eigenvalue weighted by molar-refractivity contribution is 0.0657. The van der Waals surface area contributed by atoms with E-state index in [0.29, 0.717) is 5.96 Å². The number of aryl methyl sites for hydroxylation is 2. The molecule has 25 heavy (non-hydrogen) atoms. The van der Waals surface area contributed by atoms with Crippen LogP contribution in [0.5, 0.6) is 0 Å². The van der Waals surface area contributed by atoms with Crippen LogP contribution in [0.1, 0.15) is 50.7 Å². The quantitative estimate of drug-likeness (QED) is 0.213. The summed E-state index contributed by atoms with van der Waals surface area (Å²) in [6.07, 6.45) is 2.03. The van der Waals surface area contributed by atoms with E-state index in [9.17, 15) is 5.11 Å². The fourth-order valence-corrected chi connectivity index (χ4v) is 2.51. The molecule has 1 rings (SSSR count). The van der Waals surface area contributed by atoms with Crippen LogP contribution in [0.25, 0.3) is 0 Å². The van der Waals surface area contributed by atoms with E-state index in [2.05, 4.69) is 15.6 Å². The van der Waals surface area contributed by atoms with E-state index in [0.717, 1.165) is 56.2 Å².